The summed E-state index contributed by atoms with van der Waals surface area (Å²) in [4.78, 5) is 21.3. The smallest absolute Gasteiger partial charge is 0.255 e. The molecule has 172 valence electrons. The molecule has 2 aromatic heterocycles. The van der Waals surface area contributed by atoms with E-state index in [0.717, 1.165) is 11.3 Å². The van der Waals surface area contributed by atoms with E-state index >= 15 is 0 Å². The van der Waals surface area contributed by atoms with Gasteiger partial charge in [0.05, 0.1) is 12.2 Å². The van der Waals surface area contributed by atoms with Gasteiger partial charge in [0.1, 0.15) is 23.1 Å². The fourth-order valence-electron chi connectivity index (χ4n) is 3.18. The van der Waals surface area contributed by atoms with E-state index in [1.807, 2.05) is 19.1 Å². The van der Waals surface area contributed by atoms with Crippen molar-refractivity contribution < 1.29 is 18.7 Å². The lowest BCUT2D eigenvalue weighted by molar-refractivity contribution is 0.0951. The molecule has 0 spiro atoms. The maximum atomic E-state index is 13.5. The highest BCUT2D eigenvalue weighted by molar-refractivity contribution is 5.99. The summed E-state index contributed by atoms with van der Waals surface area (Å²) in [6, 6.07) is 20.1. The summed E-state index contributed by atoms with van der Waals surface area (Å²) in [5, 5.41) is 5.86. The van der Waals surface area contributed by atoms with E-state index in [4.69, 9.17) is 9.47 Å². The van der Waals surface area contributed by atoms with Crippen LogP contribution in [-0.2, 0) is 6.54 Å². The van der Waals surface area contributed by atoms with Gasteiger partial charge in [-0.2, -0.15) is 0 Å². The Morgan fingerprint density at radius 1 is 0.941 bits per heavy atom. The molecule has 0 radical (unpaired) electrons. The molecule has 4 rings (SSSR count). The number of hydrogen-bond donors (Lipinski definition) is 2. The van der Waals surface area contributed by atoms with Crippen molar-refractivity contribution in [3.05, 3.63) is 102 Å². The Balaban J connectivity index is 1.40. The first-order valence-electron chi connectivity index (χ1n) is 10.7. The second-order valence-corrected chi connectivity index (χ2v) is 7.23. The lowest BCUT2D eigenvalue weighted by atomic mass is 10.2. The Morgan fingerprint density at radius 3 is 2.56 bits per heavy atom. The normalized spacial score (nSPS) is 10.4. The standard InChI is InChI=1S/C26H23FN4O3/c1-2-33-21-8-10-22(11-9-21)34-24-15-18(12-14-28-24)17-30-26(32)23-7-4-13-29-25(23)31-20-6-3-5-19(27)16-20/h3-16H,2,17H2,1H3,(H,29,31)(H,30,32). The Labute approximate surface area is 196 Å². The molecular weight excluding hydrogens is 435 g/mol. The summed E-state index contributed by atoms with van der Waals surface area (Å²) in [6.07, 6.45) is 3.18. The summed E-state index contributed by atoms with van der Waals surface area (Å²) in [6.45, 7) is 2.78. The largest absolute Gasteiger partial charge is 0.494 e. The van der Waals surface area contributed by atoms with Crippen LogP contribution in [0.15, 0.2) is 85.2 Å². The molecule has 4 aromatic rings. The molecule has 2 heterocycles. The van der Waals surface area contributed by atoms with Gasteiger partial charge < -0.3 is 20.1 Å². The molecule has 0 aliphatic rings. The van der Waals surface area contributed by atoms with E-state index in [9.17, 15) is 9.18 Å². The number of benzene rings is 2. The minimum absolute atomic E-state index is 0.259. The molecular formula is C26H23FN4O3. The van der Waals surface area contributed by atoms with Crippen LogP contribution in [0.1, 0.15) is 22.8 Å². The van der Waals surface area contributed by atoms with Crippen molar-refractivity contribution in [1.82, 2.24) is 15.3 Å². The summed E-state index contributed by atoms with van der Waals surface area (Å²) >= 11 is 0. The number of carbonyl (C=O) groups excluding carboxylic acids is 1. The van der Waals surface area contributed by atoms with Crippen LogP contribution < -0.4 is 20.1 Å². The molecule has 8 heteroatoms. The maximum Gasteiger partial charge on any atom is 0.255 e. The quantitative estimate of drug-likeness (QED) is 0.345. The molecule has 7 nitrogen and oxygen atoms in total. The molecule has 0 saturated carbocycles. The van der Waals surface area contributed by atoms with Gasteiger partial charge in [-0.05, 0) is 73.2 Å². The van der Waals surface area contributed by atoms with Crippen LogP contribution in [0, 0.1) is 5.82 Å². The molecule has 0 bridgehead atoms. The molecule has 0 aliphatic carbocycles. The number of nitrogens with one attached hydrogen (secondary N) is 2. The van der Waals surface area contributed by atoms with Crippen LogP contribution in [0.5, 0.6) is 17.4 Å². The van der Waals surface area contributed by atoms with E-state index in [-0.39, 0.29) is 18.3 Å². The highest BCUT2D eigenvalue weighted by Crippen LogP contribution is 2.23. The third kappa shape index (κ3) is 6.07. The van der Waals surface area contributed by atoms with Crippen LogP contribution >= 0.6 is 0 Å². The zero-order valence-corrected chi connectivity index (χ0v) is 18.5. The zero-order valence-electron chi connectivity index (χ0n) is 18.5. The number of pyridine rings is 2. The molecule has 0 atom stereocenters. The van der Waals surface area contributed by atoms with Crippen molar-refractivity contribution in [2.24, 2.45) is 0 Å². The number of aromatic nitrogens is 2. The van der Waals surface area contributed by atoms with Gasteiger partial charge >= 0.3 is 0 Å². The van der Waals surface area contributed by atoms with Gasteiger partial charge in [0.2, 0.25) is 5.88 Å². The number of carbonyl (C=O) groups is 1. The Bertz CT molecular complexity index is 1260. The van der Waals surface area contributed by atoms with Gasteiger partial charge in [0.25, 0.3) is 5.91 Å². The number of hydrogen-bond acceptors (Lipinski definition) is 6. The minimum atomic E-state index is -0.382. The highest BCUT2D eigenvalue weighted by atomic mass is 19.1. The number of nitrogens with zero attached hydrogens (tertiary/aromatic N) is 2. The molecule has 0 unspecified atom stereocenters. The Hall–Kier alpha value is -4.46. The SMILES string of the molecule is CCOc1ccc(Oc2cc(CNC(=O)c3cccnc3Nc3cccc(F)c3)ccn2)cc1. The molecule has 0 saturated heterocycles. The average Bonchev–Trinajstić information content (AvgIpc) is 2.85. The molecule has 34 heavy (non-hydrogen) atoms. The van der Waals surface area contributed by atoms with Crippen molar-refractivity contribution in [3.63, 3.8) is 0 Å². The molecule has 2 aromatic carbocycles. The summed E-state index contributed by atoms with van der Waals surface area (Å²) in [7, 11) is 0. The van der Waals surface area contributed by atoms with Gasteiger partial charge in [-0.1, -0.05) is 6.07 Å². The third-order valence-electron chi connectivity index (χ3n) is 4.75. The average molecular weight is 458 g/mol. The fraction of sp³-hybridized carbons (Fsp3) is 0.115. The van der Waals surface area contributed by atoms with E-state index in [0.29, 0.717) is 35.3 Å². The van der Waals surface area contributed by atoms with E-state index in [1.54, 1.807) is 60.9 Å². The zero-order chi connectivity index (χ0) is 23.8. The number of ether oxygens (including phenoxy) is 2. The summed E-state index contributed by atoms with van der Waals surface area (Å²) in [5.74, 6) is 1.43. The van der Waals surface area contributed by atoms with Gasteiger partial charge in [-0.15, -0.1) is 0 Å². The molecule has 1 amide bonds. The third-order valence-corrected chi connectivity index (χ3v) is 4.75. The highest BCUT2D eigenvalue weighted by Gasteiger charge is 2.13. The molecule has 2 N–H and O–H groups in total. The Kier molecular flexibility index (Phi) is 7.29. The van der Waals surface area contributed by atoms with Crippen LogP contribution in [0.3, 0.4) is 0 Å². The van der Waals surface area contributed by atoms with Crippen LogP contribution in [0.4, 0.5) is 15.9 Å². The summed E-state index contributed by atoms with van der Waals surface area (Å²) in [5.41, 5.74) is 1.65. The van der Waals surface area contributed by atoms with Crippen LogP contribution in [0.2, 0.25) is 0 Å². The first-order valence-corrected chi connectivity index (χ1v) is 10.7. The predicted molar refractivity (Wildman–Crippen MR) is 127 cm³/mol. The van der Waals surface area contributed by atoms with Crippen molar-refractivity contribution >= 4 is 17.4 Å². The van der Waals surface area contributed by atoms with E-state index < -0.39 is 0 Å². The van der Waals surface area contributed by atoms with Crippen molar-refractivity contribution in [3.8, 4) is 17.4 Å². The predicted octanol–water partition coefficient (Wildman–Crippen LogP) is 5.48. The second kappa shape index (κ2) is 10.9. The van der Waals surface area contributed by atoms with Gasteiger partial charge in [-0.3, -0.25) is 4.79 Å². The lowest BCUT2D eigenvalue weighted by Gasteiger charge is -2.12. The first kappa shape index (κ1) is 22.7. The fourth-order valence-corrected chi connectivity index (χ4v) is 3.18. The Morgan fingerprint density at radius 2 is 1.76 bits per heavy atom. The van der Waals surface area contributed by atoms with E-state index in [1.165, 1.54) is 12.1 Å². The van der Waals surface area contributed by atoms with Gasteiger partial charge in [0.15, 0.2) is 0 Å². The van der Waals surface area contributed by atoms with E-state index in [2.05, 4.69) is 20.6 Å². The van der Waals surface area contributed by atoms with Crippen molar-refractivity contribution in [1.29, 1.82) is 0 Å². The molecule has 0 fully saturated rings. The minimum Gasteiger partial charge on any atom is -0.494 e. The first-order chi connectivity index (χ1) is 16.6. The second-order valence-electron chi connectivity index (χ2n) is 7.23. The monoisotopic (exact) mass is 458 g/mol. The van der Waals surface area contributed by atoms with Crippen LogP contribution in [0.25, 0.3) is 0 Å². The number of halogens is 1. The van der Waals surface area contributed by atoms with Gasteiger partial charge in [0, 0.05) is 30.7 Å². The number of rotatable bonds is 9. The van der Waals surface area contributed by atoms with Gasteiger partial charge in [-0.25, -0.2) is 14.4 Å². The topological polar surface area (TPSA) is 85.4 Å². The van der Waals surface area contributed by atoms with Crippen molar-refractivity contribution in [2.45, 2.75) is 13.5 Å². The van der Waals surface area contributed by atoms with Crippen molar-refractivity contribution in [2.75, 3.05) is 11.9 Å². The lowest BCUT2D eigenvalue weighted by Crippen LogP contribution is -2.24. The number of anilines is 2. The van der Waals surface area contributed by atoms with Crippen LogP contribution in [-0.4, -0.2) is 22.5 Å². The maximum absolute atomic E-state index is 13.5. The number of amides is 1. The summed E-state index contributed by atoms with van der Waals surface area (Å²) < 4.78 is 24.7. The molecule has 0 aliphatic heterocycles.